The molecule has 0 amide bonds. The van der Waals surface area contributed by atoms with Gasteiger partial charge in [-0.1, -0.05) is 12.1 Å². The second kappa shape index (κ2) is 3.33. The van der Waals surface area contributed by atoms with E-state index in [2.05, 4.69) is 0 Å². The van der Waals surface area contributed by atoms with E-state index < -0.39 is 5.79 Å². The van der Waals surface area contributed by atoms with Crippen LogP contribution in [0, 0.1) is 6.92 Å². The largest absolute Gasteiger partial charge is 0.482 e. The highest BCUT2D eigenvalue weighted by atomic mass is 35.5. The third kappa shape index (κ3) is 1.53. The summed E-state index contributed by atoms with van der Waals surface area (Å²) in [7, 11) is 0. The maximum atomic E-state index is 9.74. The summed E-state index contributed by atoms with van der Waals surface area (Å²) in [5, 5.41) is 9.74. The van der Waals surface area contributed by atoms with Crippen molar-refractivity contribution in [2.24, 2.45) is 0 Å². The van der Waals surface area contributed by atoms with Gasteiger partial charge < -0.3 is 14.6 Å². The average molecular weight is 215 g/mol. The molecule has 1 aliphatic heterocycles. The van der Waals surface area contributed by atoms with Gasteiger partial charge in [-0.15, -0.1) is 11.6 Å². The lowest BCUT2D eigenvalue weighted by molar-refractivity contribution is -0.156. The van der Waals surface area contributed by atoms with Gasteiger partial charge in [-0.25, -0.2) is 0 Å². The van der Waals surface area contributed by atoms with E-state index in [0.29, 0.717) is 11.5 Å². The molecule has 1 aromatic carbocycles. The Kier molecular flexibility index (Phi) is 2.29. The van der Waals surface area contributed by atoms with Crippen molar-refractivity contribution in [2.75, 3.05) is 12.5 Å². The van der Waals surface area contributed by atoms with E-state index in [9.17, 15) is 5.11 Å². The molecule has 14 heavy (non-hydrogen) atoms. The first-order valence-corrected chi connectivity index (χ1v) is 4.88. The molecule has 1 N–H and O–H groups in total. The van der Waals surface area contributed by atoms with Crippen molar-refractivity contribution in [1.29, 1.82) is 0 Å². The van der Waals surface area contributed by atoms with Gasteiger partial charge in [0, 0.05) is 0 Å². The third-order valence-corrected chi connectivity index (χ3v) is 2.54. The maximum absolute atomic E-state index is 9.74. The molecule has 0 bridgehead atoms. The zero-order valence-corrected chi connectivity index (χ0v) is 8.54. The molecule has 2 rings (SSSR count). The summed E-state index contributed by atoms with van der Waals surface area (Å²) in [6.45, 7) is 1.99. The Labute approximate surface area is 87.2 Å². The zero-order valence-electron chi connectivity index (χ0n) is 7.79. The number of fused-ring (bicyclic) bond motifs is 1. The summed E-state index contributed by atoms with van der Waals surface area (Å²) in [4.78, 5) is 0. The van der Waals surface area contributed by atoms with E-state index in [1.165, 1.54) is 0 Å². The number of rotatable bonds is 1. The van der Waals surface area contributed by atoms with Crippen LogP contribution in [-0.2, 0) is 0 Å². The first-order chi connectivity index (χ1) is 6.64. The molecule has 0 fully saturated rings. The molecule has 0 saturated carbocycles. The molecular formula is C10H11ClO3. The molecule has 1 heterocycles. The molecule has 76 valence electrons. The zero-order chi connectivity index (χ0) is 10.2. The average Bonchev–Trinajstić information content (AvgIpc) is 2.18. The standard InChI is InChI=1S/C10H11ClO3/c1-7-3-2-4-8-9(7)13-6-10(12,5-11)14-8/h2-4,12H,5-6H2,1H3. The van der Waals surface area contributed by atoms with E-state index in [1.54, 1.807) is 6.07 Å². The first-order valence-electron chi connectivity index (χ1n) is 4.34. The van der Waals surface area contributed by atoms with Crippen molar-refractivity contribution >= 4 is 11.6 Å². The Bertz CT molecular complexity index is 353. The van der Waals surface area contributed by atoms with E-state index in [1.807, 2.05) is 19.1 Å². The molecular weight excluding hydrogens is 204 g/mol. The molecule has 1 aromatic rings. The van der Waals surface area contributed by atoms with Crippen molar-refractivity contribution in [3.8, 4) is 11.5 Å². The highest BCUT2D eigenvalue weighted by molar-refractivity contribution is 6.18. The summed E-state index contributed by atoms with van der Waals surface area (Å²) in [5.41, 5.74) is 0.985. The summed E-state index contributed by atoms with van der Waals surface area (Å²) in [5.74, 6) is -0.190. The molecule has 0 spiro atoms. The normalized spacial score (nSPS) is 24.8. The van der Waals surface area contributed by atoms with Gasteiger partial charge in [0.1, 0.15) is 0 Å². The first kappa shape index (κ1) is 9.62. The molecule has 4 heteroatoms. The highest BCUT2D eigenvalue weighted by Gasteiger charge is 2.35. The number of halogens is 1. The number of alkyl halides is 1. The smallest absolute Gasteiger partial charge is 0.256 e. The number of aliphatic hydroxyl groups is 1. The van der Waals surface area contributed by atoms with Gasteiger partial charge in [-0.05, 0) is 18.6 Å². The van der Waals surface area contributed by atoms with E-state index in [4.69, 9.17) is 21.1 Å². The van der Waals surface area contributed by atoms with Crippen LogP contribution in [0.25, 0.3) is 0 Å². The van der Waals surface area contributed by atoms with Crippen LogP contribution in [0.4, 0.5) is 0 Å². The van der Waals surface area contributed by atoms with Crippen molar-refractivity contribution in [1.82, 2.24) is 0 Å². The van der Waals surface area contributed by atoms with Gasteiger partial charge in [-0.2, -0.15) is 0 Å². The Morgan fingerprint density at radius 1 is 1.57 bits per heavy atom. The van der Waals surface area contributed by atoms with Crippen LogP contribution in [0.2, 0.25) is 0 Å². The molecule has 0 radical (unpaired) electrons. The number of hydrogen-bond acceptors (Lipinski definition) is 3. The Balaban J connectivity index is 2.36. The maximum Gasteiger partial charge on any atom is 0.256 e. The van der Waals surface area contributed by atoms with Gasteiger partial charge in [0.25, 0.3) is 5.79 Å². The number of aryl methyl sites for hydroxylation is 1. The summed E-state index contributed by atoms with van der Waals surface area (Å²) >= 11 is 5.57. The predicted molar refractivity (Wildman–Crippen MR) is 53.0 cm³/mol. The monoisotopic (exact) mass is 214 g/mol. The van der Waals surface area contributed by atoms with E-state index >= 15 is 0 Å². The van der Waals surface area contributed by atoms with Crippen LogP contribution in [-0.4, -0.2) is 23.4 Å². The van der Waals surface area contributed by atoms with Crippen LogP contribution in [0.3, 0.4) is 0 Å². The third-order valence-electron chi connectivity index (χ3n) is 2.13. The number of hydrogen-bond donors (Lipinski definition) is 1. The topological polar surface area (TPSA) is 38.7 Å². The van der Waals surface area contributed by atoms with Crippen molar-refractivity contribution in [2.45, 2.75) is 12.7 Å². The molecule has 0 saturated heterocycles. The lowest BCUT2D eigenvalue weighted by Crippen LogP contribution is -2.46. The Hall–Kier alpha value is -0.930. The fourth-order valence-corrected chi connectivity index (χ4v) is 1.51. The van der Waals surface area contributed by atoms with Gasteiger partial charge in [0.15, 0.2) is 18.1 Å². The molecule has 1 aliphatic rings. The van der Waals surface area contributed by atoms with Crippen LogP contribution in [0.5, 0.6) is 11.5 Å². The second-order valence-electron chi connectivity index (χ2n) is 3.37. The summed E-state index contributed by atoms with van der Waals surface area (Å²) in [6, 6.07) is 5.52. The molecule has 1 unspecified atom stereocenters. The van der Waals surface area contributed by atoms with Crippen LogP contribution < -0.4 is 9.47 Å². The quantitative estimate of drug-likeness (QED) is 0.724. The lowest BCUT2D eigenvalue weighted by atomic mass is 10.2. The van der Waals surface area contributed by atoms with Crippen molar-refractivity contribution < 1.29 is 14.6 Å². The second-order valence-corrected chi connectivity index (χ2v) is 3.64. The fraction of sp³-hybridized carbons (Fsp3) is 0.400. The number of benzene rings is 1. The SMILES string of the molecule is Cc1cccc2c1OCC(O)(CCl)O2. The Morgan fingerprint density at radius 3 is 3.07 bits per heavy atom. The van der Waals surface area contributed by atoms with Crippen molar-refractivity contribution in [3.63, 3.8) is 0 Å². The van der Waals surface area contributed by atoms with E-state index in [0.717, 1.165) is 5.56 Å². The molecule has 0 aromatic heterocycles. The van der Waals surface area contributed by atoms with Gasteiger partial charge >= 0.3 is 0 Å². The van der Waals surface area contributed by atoms with Crippen molar-refractivity contribution in [3.05, 3.63) is 23.8 Å². The lowest BCUT2D eigenvalue weighted by Gasteiger charge is -2.32. The molecule has 0 aliphatic carbocycles. The number of ether oxygens (including phenoxy) is 2. The minimum atomic E-state index is -1.40. The van der Waals surface area contributed by atoms with Crippen LogP contribution >= 0.6 is 11.6 Å². The van der Waals surface area contributed by atoms with Crippen LogP contribution in [0.15, 0.2) is 18.2 Å². The highest BCUT2D eigenvalue weighted by Crippen LogP contribution is 2.37. The fourth-order valence-electron chi connectivity index (χ4n) is 1.38. The van der Waals surface area contributed by atoms with Crippen LogP contribution in [0.1, 0.15) is 5.56 Å². The van der Waals surface area contributed by atoms with Gasteiger partial charge in [-0.3, -0.25) is 0 Å². The van der Waals surface area contributed by atoms with Gasteiger partial charge in [0.2, 0.25) is 0 Å². The number of para-hydroxylation sites is 1. The summed E-state index contributed by atoms with van der Waals surface area (Å²) in [6.07, 6.45) is 0. The Morgan fingerprint density at radius 2 is 2.36 bits per heavy atom. The van der Waals surface area contributed by atoms with Gasteiger partial charge in [0.05, 0.1) is 5.88 Å². The molecule has 1 atom stereocenters. The predicted octanol–water partition coefficient (Wildman–Crippen LogP) is 1.69. The minimum Gasteiger partial charge on any atom is -0.482 e. The minimum absolute atomic E-state index is 0.0135. The molecule has 3 nitrogen and oxygen atoms in total. The van der Waals surface area contributed by atoms with E-state index in [-0.39, 0.29) is 12.5 Å². The summed E-state index contributed by atoms with van der Waals surface area (Å²) < 4.78 is 10.7.